The minimum Gasteiger partial charge on any atom is -0.361 e. The van der Waals surface area contributed by atoms with Crippen LogP contribution in [-0.2, 0) is 25.3 Å². The number of para-hydroxylation sites is 2. The Balaban J connectivity index is 1.91. The standard InChI is InChI=1S/C28H28N2O3S/c1-27(2,3)19-13-15-20(16-14-19)28(33-34(4,31)32,23-17-29-25-11-7-5-9-21(23)25)24-18-30-26-12-8-6-10-22(24)26/h5-18,29-30H,1-4H3. The van der Waals surface area contributed by atoms with Gasteiger partial charge in [-0.05, 0) is 28.7 Å². The van der Waals surface area contributed by atoms with Crippen LogP contribution >= 0.6 is 0 Å². The zero-order valence-electron chi connectivity index (χ0n) is 19.7. The molecular weight excluding hydrogens is 444 g/mol. The van der Waals surface area contributed by atoms with Crippen LogP contribution in [0, 0.1) is 0 Å². The van der Waals surface area contributed by atoms with E-state index < -0.39 is 15.7 Å². The maximum absolute atomic E-state index is 12.9. The van der Waals surface area contributed by atoms with Gasteiger partial charge in [0.2, 0.25) is 0 Å². The summed E-state index contributed by atoms with van der Waals surface area (Å²) in [4.78, 5) is 6.62. The molecule has 0 saturated carbocycles. The first-order valence-electron chi connectivity index (χ1n) is 11.2. The van der Waals surface area contributed by atoms with Crippen LogP contribution in [0.25, 0.3) is 21.8 Å². The molecule has 2 N–H and O–H groups in total. The molecule has 5 rings (SSSR count). The van der Waals surface area contributed by atoms with Gasteiger partial charge in [0.15, 0.2) is 5.60 Å². The summed E-state index contributed by atoms with van der Waals surface area (Å²) in [6, 6.07) is 23.8. The molecule has 0 fully saturated rings. The van der Waals surface area contributed by atoms with E-state index in [-0.39, 0.29) is 5.41 Å². The van der Waals surface area contributed by atoms with Gasteiger partial charge in [-0.15, -0.1) is 0 Å². The first-order valence-corrected chi connectivity index (χ1v) is 13.1. The van der Waals surface area contributed by atoms with Crippen LogP contribution in [0.15, 0.2) is 85.2 Å². The minimum atomic E-state index is -3.89. The molecule has 5 aromatic rings. The Hall–Kier alpha value is -3.35. The highest BCUT2D eigenvalue weighted by Gasteiger charge is 2.44. The number of aromatic nitrogens is 2. The second-order valence-corrected chi connectivity index (χ2v) is 11.4. The summed E-state index contributed by atoms with van der Waals surface area (Å²) in [5, 5.41) is 1.80. The molecule has 0 bridgehead atoms. The zero-order chi connectivity index (χ0) is 24.1. The van der Waals surface area contributed by atoms with Crippen molar-refractivity contribution in [2.75, 3.05) is 6.26 Å². The lowest BCUT2D eigenvalue weighted by atomic mass is 9.78. The maximum Gasteiger partial charge on any atom is 0.265 e. The second-order valence-electron chi connectivity index (χ2n) is 9.79. The van der Waals surface area contributed by atoms with Gasteiger partial charge in [0.05, 0.1) is 6.26 Å². The lowest BCUT2D eigenvalue weighted by Crippen LogP contribution is -2.35. The molecule has 174 valence electrons. The number of benzene rings is 3. The Labute approximate surface area is 199 Å². The molecule has 3 aromatic carbocycles. The van der Waals surface area contributed by atoms with E-state index in [0.717, 1.165) is 50.3 Å². The van der Waals surface area contributed by atoms with Crippen LogP contribution in [0.1, 0.15) is 43.0 Å². The Morgan fingerprint density at radius 1 is 0.676 bits per heavy atom. The summed E-state index contributed by atoms with van der Waals surface area (Å²) >= 11 is 0. The van der Waals surface area contributed by atoms with Gasteiger partial charge >= 0.3 is 0 Å². The highest BCUT2D eigenvalue weighted by molar-refractivity contribution is 7.86. The summed E-state index contributed by atoms with van der Waals surface area (Å²) in [5.74, 6) is 0. The third-order valence-electron chi connectivity index (χ3n) is 6.37. The van der Waals surface area contributed by atoms with Gasteiger partial charge in [-0.25, -0.2) is 4.18 Å². The Morgan fingerprint density at radius 3 is 1.56 bits per heavy atom. The van der Waals surface area contributed by atoms with Crippen LogP contribution in [-0.4, -0.2) is 24.6 Å². The first-order chi connectivity index (χ1) is 16.1. The number of nitrogens with one attached hydrogen (secondary N) is 2. The number of aromatic amines is 2. The first kappa shape index (κ1) is 22.4. The van der Waals surface area contributed by atoms with E-state index >= 15 is 0 Å². The average Bonchev–Trinajstić information content (AvgIpc) is 3.42. The Morgan fingerprint density at radius 2 is 1.12 bits per heavy atom. The zero-order valence-corrected chi connectivity index (χ0v) is 20.5. The fourth-order valence-corrected chi connectivity index (χ4v) is 5.48. The van der Waals surface area contributed by atoms with E-state index in [1.165, 1.54) is 0 Å². The van der Waals surface area contributed by atoms with Gasteiger partial charge in [0.1, 0.15) is 0 Å². The number of fused-ring (bicyclic) bond motifs is 2. The van der Waals surface area contributed by atoms with Crippen molar-refractivity contribution in [2.45, 2.75) is 31.8 Å². The molecule has 0 unspecified atom stereocenters. The van der Waals surface area contributed by atoms with Crippen molar-refractivity contribution in [1.82, 2.24) is 9.97 Å². The van der Waals surface area contributed by atoms with E-state index in [1.807, 2.05) is 73.1 Å². The minimum absolute atomic E-state index is 0.0412. The fraction of sp³-hybridized carbons (Fsp3) is 0.214. The summed E-state index contributed by atoms with van der Waals surface area (Å²) < 4.78 is 31.9. The monoisotopic (exact) mass is 472 g/mol. The molecule has 0 amide bonds. The van der Waals surface area contributed by atoms with Crippen LogP contribution in [0.3, 0.4) is 0 Å². The van der Waals surface area contributed by atoms with E-state index in [1.54, 1.807) is 0 Å². The number of hydrogen-bond donors (Lipinski definition) is 2. The third kappa shape index (κ3) is 3.73. The van der Waals surface area contributed by atoms with Gasteiger partial charge in [-0.2, -0.15) is 8.42 Å². The van der Waals surface area contributed by atoms with Crippen molar-refractivity contribution in [1.29, 1.82) is 0 Å². The van der Waals surface area contributed by atoms with Crippen LogP contribution in [0.4, 0.5) is 0 Å². The molecule has 34 heavy (non-hydrogen) atoms. The van der Waals surface area contributed by atoms with Crippen molar-refractivity contribution < 1.29 is 12.6 Å². The summed E-state index contributed by atoms with van der Waals surface area (Å²) in [6.45, 7) is 6.46. The molecule has 0 spiro atoms. The molecule has 0 atom stereocenters. The van der Waals surface area contributed by atoms with Crippen molar-refractivity contribution in [3.05, 3.63) is 107 Å². The molecular formula is C28H28N2O3S. The number of rotatable bonds is 5. The molecule has 2 heterocycles. The van der Waals surface area contributed by atoms with Gasteiger partial charge in [-0.3, -0.25) is 0 Å². The van der Waals surface area contributed by atoms with Gasteiger partial charge < -0.3 is 9.97 Å². The third-order valence-corrected chi connectivity index (χ3v) is 6.92. The van der Waals surface area contributed by atoms with Gasteiger partial charge in [0, 0.05) is 45.3 Å². The predicted molar refractivity (Wildman–Crippen MR) is 138 cm³/mol. The van der Waals surface area contributed by atoms with Crippen molar-refractivity contribution in [3.63, 3.8) is 0 Å². The number of H-pyrrole nitrogens is 2. The van der Waals surface area contributed by atoms with Crippen molar-refractivity contribution >= 4 is 31.9 Å². The average molecular weight is 473 g/mol. The highest BCUT2D eigenvalue weighted by atomic mass is 32.2. The van der Waals surface area contributed by atoms with Gasteiger partial charge in [-0.1, -0.05) is 81.4 Å². The van der Waals surface area contributed by atoms with Crippen molar-refractivity contribution in [3.8, 4) is 0 Å². The summed E-state index contributed by atoms with van der Waals surface area (Å²) in [6.07, 6.45) is 4.82. The number of hydrogen-bond acceptors (Lipinski definition) is 3. The van der Waals surface area contributed by atoms with Crippen LogP contribution < -0.4 is 0 Å². The quantitative estimate of drug-likeness (QED) is 0.298. The molecule has 0 radical (unpaired) electrons. The fourth-order valence-electron chi connectivity index (χ4n) is 4.75. The molecule has 2 aromatic heterocycles. The topological polar surface area (TPSA) is 75.0 Å². The molecule has 0 aliphatic rings. The Kier molecular flexibility index (Phi) is 5.19. The SMILES string of the molecule is CC(C)(C)c1ccc(C(OS(C)(=O)=O)(c2c[nH]c3ccccc23)c2c[nH]c3ccccc23)cc1. The predicted octanol–water partition coefficient (Wildman–Crippen LogP) is 6.21. The van der Waals surface area contributed by atoms with E-state index in [0.29, 0.717) is 0 Å². The summed E-state index contributed by atoms with van der Waals surface area (Å²) in [5.41, 5.74) is 3.74. The normalized spacial score (nSPS) is 13.1. The largest absolute Gasteiger partial charge is 0.361 e. The van der Waals surface area contributed by atoms with Gasteiger partial charge in [0.25, 0.3) is 10.1 Å². The molecule has 5 nitrogen and oxygen atoms in total. The van der Waals surface area contributed by atoms with E-state index in [4.69, 9.17) is 4.18 Å². The second kappa shape index (κ2) is 7.86. The molecule has 0 aliphatic carbocycles. The lowest BCUT2D eigenvalue weighted by molar-refractivity contribution is 0.169. The Bertz CT molecular complexity index is 1510. The smallest absolute Gasteiger partial charge is 0.265 e. The van der Waals surface area contributed by atoms with Crippen LogP contribution in [0.2, 0.25) is 0 Å². The molecule has 0 aliphatic heterocycles. The van der Waals surface area contributed by atoms with Crippen LogP contribution in [0.5, 0.6) is 0 Å². The lowest BCUT2D eigenvalue weighted by Gasteiger charge is -2.34. The van der Waals surface area contributed by atoms with E-state index in [2.05, 4.69) is 42.9 Å². The summed E-state index contributed by atoms with van der Waals surface area (Å²) in [7, 11) is -3.89. The molecule has 6 heteroatoms. The van der Waals surface area contributed by atoms with E-state index in [9.17, 15) is 8.42 Å². The van der Waals surface area contributed by atoms with Crippen molar-refractivity contribution in [2.24, 2.45) is 0 Å². The molecule has 0 saturated heterocycles. The highest BCUT2D eigenvalue weighted by Crippen LogP contribution is 2.47. The maximum atomic E-state index is 12.9.